The van der Waals surface area contributed by atoms with Crippen LogP contribution in [-0.2, 0) is 0 Å². The maximum absolute atomic E-state index is 5.38. The molecule has 0 aliphatic carbocycles. The summed E-state index contributed by atoms with van der Waals surface area (Å²) in [6, 6.07) is 7.85. The minimum absolute atomic E-state index is 0.418. The summed E-state index contributed by atoms with van der Waals surface area (Å²) in [4.78, 5) is 10.7. The Bertz CT molecular complexity index is 525. The molecule has 0 amide bonds. The molecule has 4 N–H and O–H groups in total. The minimum atomic E-state index is 0.418. The van der Waals surface area contributed by atoms with Crippen LogP contribution in [0.25, 0.3) is 10.9 Å². The van der Waals surface area contributed by atoms with Crippen molar-refractivity contribution in [2.75, 3.05) is 37.9 Å². The average Bonchev–Trinajstić information content (AvgIpc) is 2.38. The molecule has 0 saturated carbocycles. The van der Waals surface area contributed by atoms with Crippen LogP contribution in [0, 0.1) is 0 Å². The minimum Gasteiger partial charge on any atom is -0.368 e. The molecule has 6 heteroatoms. The van der Waals surface area contributed by atoms with E-state index in [1.165, 1.54) is 0 Å². The lowest BCUT2D eigenvalue weighted by Gasteiger charge is -2.13. The zero-order chi connectivity index (χ0) is 13.0. The Hall–Kier alpha value is -1.92. The van der Waals surface area contributed by atoms with Gasteiger partial charge in [-0.05, 0) is 26.2 Å². The van der Waals surface area contributed by atoms with Crippen LogP contribution in [0.2, 0.25) is 0 Å². The zero-order valence-electron chi connectivity index (χ0n) is 10.6. The molecule has 1 aromatic heterocycles. The fourth-order valence-corrected chi connectivity index (χ4v) is 1.67. The van der Waals surface area contributed by atoms with Gasteiger partial charge in [-0.3, -0.25) is 5.43 Å². The molecule has 0 spiro atoms. The van der Waals surface area contributed by atoms with E-state index < -0.39 is 0 Å². The summed E-state index contributed by atoms with van der Waals surface area (Å²) in [7, 11) is 4.07. The van der Waals surface area contributed by atoms with E-state index >= 15 is 0 Å². The fraction of sp³-hybridized carbons (Fsp3) is 0.333. The van der Waals surface area contributed by atoms with Gasteiger partial charge in [-0.1, -0.05) is 12.1 Å². The van der Waals surface area contributed by atoms with Gasteiger partial charge in [-0.25, -0.2) is 10.8 Å². The number of nitrogens with zero attached hydrogens (tertiary/aromatic N) is 3. The van der Waals surface area contributed by atoms with Gasteiger partial charge in [-0.15, -0.1) is 0 Å². The standard InChI is InChI=1S/C12H18N6/c1-18(2)8-7-14-11-9-5-3-4-6-10(9)15-12(16-11)17-13/h3-6H,7-8,13H2,1-2H3,(H2,14,15,16,17). The third kappa shape index (κ3) is 2.85. The molecule has 6 nitrogen and oxygen atoms in total. The van der Waals surface area contributed by atoms with E-state index in [-0.39, 0.29) is 0 Å². The fourth-order valence-electron chi connectivity index (χ4n) is 1.67. The molecule has 0 aliphatic heterocycles. The summed E-state index contributed by atoms with van der Waals surface area (Å²) >= 11 is 0. The normalized spacial score (nSPS) is 10.9. The number of aromatic nitrogens is 2. The highest BCUT2D eigenvalue weighted by molar-refractivity contribution is 5.89. The largest absolute Gasteiger partial charge is 0.368 e. The van der Waals surface area contributed by atoms with Gasteiger partial charge in [0.05, 0.1) is 5.52 Å². The second-order valence-electron chi connectivity index (χ2n) is 4.29. The summed E-state index contributed by atoms with van der Waals surface area (Å²) in [5.41, 5.74) is 3.35. The molecule has 0 unspecified atom stereocenters. The SMILES string of the molecule is CN(C)CCNc1nc(NN)nc2ccccc12. The van der Waals surface area contributed by atoms with E-state index in [1.807, 2.05) is 38.4 Å². The summed E-state index contributed by atoms with van der Waals surface area (Å²) < 4.78 is 0. The molecule has 96 valence electrons. The topological polar surface area (TPSA) is 79.1 Å². The van der Waals surface area contributed by atoms with Gasteiger partial charge in [0.2, 0.25) is 5.95 Å². The van der Waals surface area contributed by atoms with Gasteiger partial charge in [-0.2, -0.15) is 4.98 Å². The number of hydrogen-bond acceptors (Lipinski definition) is 6. The molecule has 0 bridgehead atoms. The molecule has 0 saturated heterocycles. The van der Waals surface area contributed by atoms with E-state index in [4.69, 9.17) is 5.84 Å². The zero-order valence-corrected chi connectivity index (χ0v) is 10.6. The number of nitrogens with one attached hydrogen (secondary N) is 2. The molecular formula is C12H18N6. The molecule has 0 atom stereocenters. The van der Waals surface area contributed by atoms with Gasteiger partial charge in [0.1, 0.15) is 5.82 Å². The lowest BCUT2D eigenvalue weighted by atomic mass is 10.2. The summed E-state index contributed by atoms with van der Waals surface area (Å²) in [5.74, 6) is 6.59. The van der Waals surface area contributed by atoms with Crippen LogP contribution in [-0.4, -0.2) is 42.1 Å². The van der Waals surface area contributed by atoms with Crippen molar-refractivity contribution in [2.24, 2.45) is 5.84 Å². The molecular weight excluding hydrogens is 228 g/mol. The Kier molecular flexibility index (Phi) is 3.91. The quantitative estimate of drug-likeness (QED) is 0.537. The Labute approximate surface area is 106 Å². The third-order valence-electron chi connectivity index (χ3n) is 2.58. The Morgan fingerprint density at radius 2 is 2.00 bits per heavy atom. The Balaban J connectivity index is 2.29. The molecule has 1 aromatic carbocycles. The molecule has 0 radical (unpaired) electrons. The number of fused-ring (bicyclic) bond motifs is 1. The number of nitrogen functional groups attached to an aromatic ring is 1. The predicted molar refractivity (Wildman–Crippen MR) is 74.4 cm³/mol. The number of anilines is 2. The number of para-hydroxylation sites is 1. The summed E-state index contributed by atoms with van der Waals surface area (Å²) in [5, 5.41) is 4.30. The highest BCUT2D eigenvalue weighted by Gasteiger charge is 2.06. The molecule has 2 rings (SSSR count). The van der Waals surface area contributed by atoms with Crippen LogP contribution in [0.5, 0.6) is 0 Å². The van der Waals surface area contributed by atoms with Crippen LogP contribution in [0.3, 0.4) is 0 Å². The van der Waals surface area contributed by atoms with E-state index in [9.17, 15) is 0 Å². The maximum Gasteiger partial charge on any atom is 0.239 e. The van der Waals surface area contributed by atoms with Crippen molar-refractivity contribution < 1.29 is 0 Å². The second-order valence-corrected chi connectivity index (χ2v) is 4.29. The summed E-state index contributed by atoms with van der Waals surface area (Å²) in [6.07, 6.45) is 0. The monoisotopic (exact) mass is 246 g/mol. The first-order valence-electron chi connectivity index (χ1n) is 5.82. The highest BCUT2D eigenvalue weighted by Crippen LogP contribution is 2.21. The predicted octanol–water partition coefficient (Wildman–Crippen LogP) is 0.889. The average molecular weight is 246 g/mol. The van der Waals surface area contributed by atoms with Crippen LogP contribution in [0.15, 0.2) is 24.3 Å². The third-order valence-corrected chi connectivity index (χ3v) is 2.58. The maximum atomic E-state index is 5.38. The first-order chi connectivity index (χ1) is 8.70. The van der Waals surface area contributed by atoms with Gasteiger partial charge in [0.25, 0.3) is 0 Å². The van der Waals surface area contributed by atoms with Crippen molar-refractivity contribution in [1.29, 1.82) is 0 Å². The van der Waals surface area contributed by atoms with Gasteiger partial charge in [0.15, 0.2) is 0 Å². The number of likely N-dealkylation sites (N-methyl/N-ethyl adjacent to an activating group) is 1. The molecule has 1 heterocycles. The lowest BCUT2D eigenvalue weighted by Crippen LogP contribution is -2.21. The number of hydrogen-bond donors (Lipinski definition) is 3. The van der Waals surface area contributed by atoms with Crippen molar-refractivity contribution in [3.8, 4) is 0 Å². The van der Waals surface area contributed by atoms with E-state index in [2.05, 4.69) is 25.6 Å². The summed E-state index contributed by atoms with van der Waals surface area (Å²) in [6.45, 7) is 1.75. The van der Waals surface area contributed by atoms with E-state index in [1.54, 1.807) is 0 Å². The van der Waals surface area contributed by atoms with Gasteiger partial charge >= 0.3 is 0 Å². The number of nitrogens with two attached hydrogens (primary N) is 1. The van der Waals surface area contributed by atoms with Crippen LogP contribution >= 0.6 is 0 Å². The molecule has 0 fully saturated rings. The first kappa shape index (κ1) is 12.5. The number of benzene rings is 1. The Morgan fingerprint density at radius 3 is 2.72 bits per heavy atom. The van der Waals surface area contributed by atoms with Crippen LogP contribution in [0.1, 0.15) is 0 Å². The lowest BCUT2D eigenvalue weighted by molar-refractivity contribution is 0.425. The van der Waals surface area contributed by atoms with Crippen molar-refractivity contribution in [2.45, 2.75) is 0 Å². The molecule has 0 aliphatic rings. The smallest absolute Gasteiger partial charge is 0.239 e. The molecule has 2 aromatic rings. The van der Waals surface area contributed by atoms with Crippen molar-refractivity contribution in [3.63, 3.8) is 0 Å². The highest BCUT2D eigenvalue weighted by atomic mass is 15.3. The number of hydrazine groups is 1. The van der Waals surface area contributed by atoms with E-state index in [0.717, 1.165) is 29.8 Å². The second kappa shape index (κ2) is 5.61. The van der Waals surface area contributed by atoms with Crippen molar-refractivity contribution >= 4 is 22.7 Å². The van der Waals surface area contributed by atoms with Crippen molar-refractivity contribution in [3.05, 3.63) is 24.3 Å². The van der Waals surface area contributed by atoms with Gasteiger partial charge < -0.3 is 10.2 Å². The molecule has 18 heavy (non-hydrogen) atoms. The van der Waals surface area contributed by atoms with Crippen LogP contribution in [0.4, 0.5) is 11.8 Å². The van der Waals surface area contributed by atoms with Gasteiger partial charge in [0, 0.05) is 18.5 Å². The van der Waals surface area contributed by atoms with Crippen LogP contribution < -0.4 is 16.6 Å². The van der Waals surface area contributed by atoms with E-state index in [0.29, 0.717) is 5.95 Å². The number of rotatable bonds is 5. The Morgan fingerprint density at radius 1 is 1.22 bits per heavy atom. The first-order valence-corrected chi connectivity index (χ1v) is 5.82. The van der Waals surface area contributed by atoms with Crippen molar-refractivity contribution in [1.82, 2.24) is 14.9 Å².